The van der Waals surface area contributed by atoms with Gasteiger partial charge in [-0.1, -0.05) is 76.1 Å². The van der Waals surface area contributed by atoms with Gasteiger partial charge in [-0.3, -0.25) is 0 Å². The molecule has 1 heterocycles. The van der Waals surface area contributed by atoms with Gasteiger partial charge in [0.15, 0.2) is 6.23 Å². The number of aryl methyl sites for hydroxylation is 1. The van der Waals surface area contributed by atoms with Gasteiger partial charge in [-0.15, -0.1) is 4.31 Å². The van der Waals surface area contributed by atoms with Crippen LogP contribution in [-0.4, -0.2) is 43.4 Å². The molecule has 3 aromatic rings. The fourth-order valence-electron chi connectivity index (χ4n) is 4.47. The Balaban J connectivity index is 2.08. The molecule has 0 aromatic heterocycles. The van der Waals surface area contributed by atoms with Crippen LogP contribution in [0.3, 0.4) is 0 Å². The third kappa shape index (κ3) is 4.89. The Morgan fingerprint density at radius 1 is 0.868 bits per heavy atom. The Kier molecular flexibility index (Phi) is 8.37. The standard InChI is InChI=1S/C28H28BrNO7S/c1-4-35-26(31)28(27(32)36-5-2)24(20-13-15-22(29)16-14-20)37-25(21-9-7-6-8-10-21)30(28)38(33,34)23-17-11-19(3)12-18-23/h6-18,24-25H,4-5H2,1-3H3/t24-,25+/m0/s1. The van der Waals surface area contributed by atoms with Crippen molar-refractivity contribution in [1.29, 1.82) is 0 Å². The van der Waals surface area contributed by atoms with E-state index in [0.29, 0.717) is 11.1 Å². The largest absolute Gasteiger partial charge is 0.464 e. The van der Waals surface area contributed by atoms with Gasteiger partial charge in [0.25, 0.3) is 5.54 Å². The first kappa shape index (κ1) is 28.0. The maximum absolute atomic E-state index is 14.4. The minimum absolute atomic E-state index is 0.0958. The molecule has 0 amide bonds. The van der Waals surface area contributed by atoms with E-state index in [2.05, 4.69) is 15.9 Å². The fourth-order valence-corrected chi connectivity index (χ4v) is 6.49. The van der Waals surface area contributed by atoms with Crippen LogP contribution in [0.4, 0.5) is 0 Å². The number of nitrogens with zero attached hydrogens (tertiary/aromatic N) is 1. The number of esters is 2. The van der Waals surface area contributed by atoms with Crippen molar-refractivity contribution >= 4 is 37.9 Å². The normalized spacial score (nSPS) is 19.2. The van der Waals surface area contributed by atoms with Gasteiger partial charge >= 0.3 is 11.9 Å². The van der Waals surface area contributed by atoms with Crippen LogP contribution in [0.15, 0.2) is 88.2 Å². The topological polar surface area (TPSA) is 99.2 Å². The molecular weight excluding hydrogens is 574 g/mol. The molecule has 0 bridgehead atoms. The second-order valence-electron chi connectivity index (χ2n) is 8.65. The number of sulfonamides is 1. The van der Waals surface area contributed by atoms with Gasteiger partial charge in [0.05, 0.1) is 18.1 Å². The molecular formula is C28H28BrNO7S. The van der Waals surface area contributed by atoms with Crippen molar-refractivity contribution in [1.82, 2.24) is 4.31 Å². The van der Waals surface area contributed by atoms with Gasteiger partial charge in [0.2, 0.25) is 10.0 Å². The Morgan fingerprint density at radius 2 is 1.42 bits per heavy atom. The van der Waals surface area contributed by atoms with E-state index in [-0.39, 0.29) is 18.1 Å². The number of carbonyl (C=O) groups is 2. The third-order valence-corrected chi connectivity index (χ3v) is 8.61. The summed E-state index contributed by atoms with van der Waals surface area (Å²) in [6, 6.07) is 21.5. The lowest BCUT2D eigenvalue weighted by molar-refractivity contribution is -0.172. The van der Waals surface area contributed by atoms with E-state index < -0.39 is 39.8 Å². The number of benzene rings is 3. The van der Waals surface area contributed by atoms with Crippen molar-refractivity contribution in [3.8, 4) is 0 Å². The molecule has 3 aromatic carbocycles. The Labute approximate surface area is 230 Å². The van der Waals surface area contributed by atoms with E-state index in [1.807, 2.05) is 6.92 Å². The second-order valence-corrected chi connectivity index (χ2v) is 11.4. The van der Waals surface area contributed by atoms with Gasteiger partial charge in [0, 0.05) is 4.47 Å². The highest BCUT2D eigenvalue weighted by Crippen LogP contribution is 2.53. The fraction of sp³-hybridized carbons (Fsp3) is 0.286. The molecule has 1 aliphatic rings. The lowest BCUT2D eigenvalue weighted by atomic mass is 9.88. The molecule has 8 nitrogen and oxygen atoms in total. The maximum Gasteiger partial charge on any atom is 0.342 e. The third-order valence-electron chi connectivity index (χ3n) is 6.21. The predicted octanol–water partition coefficient (Wildman–Crippen LogP) is 5.08. The molecule has 10 heteroatoms. The van der Waals surface area contributed by atoms with Crippen molar-refractivity contribution in [3.05, 3.63) is 100 Å². The van der Waals surface area contributed by atoms with Gasteiger partial charge < -0.3 is 14.2 Å². The van der Waals surface area contributed by atoms with Crippen LogP contribution in [0.25, 0.3) is 0 Å². The van der Waals surface area contributed by atoms with E-state index in [1.165, 1.54) is 12.1 Å². The number of hydrogen-bond donors (Lipinski definition) is 0. The van der Waals surface area contributed by atoms with Crippen LogP contribution in [0.5, 0.6) is 0 Å². The average Bonchev–Trinajstić information content (AvgIpc) is 3.28. The smallest absolute Gasteiger partial charge is 0.342 e. The molecule has 1 fully saturated rings. The highest BCUT2D eigenvalue weighted by Gasteiger charge is 2.71. The van der Waals surface area contributed by atoms with Crippen molar-refractivity contribution in [2.75, 3.05) is 13.2 Å². The van der Waals surface area contributed by atoms with Gasteiger partial charge in [-0.25, -0.2) is 18.0 Å². The van der Waals surface area contributed by atoms with Gasteiger partial charge in [0.1, 0.15) is 6.10 Å². The minimum atomic E-state index is -4.54. The summed E-state index contributed by atoms with van der Waals surface area (Å²) in [7, 11) is -4.54. The van der Waals surface area contributed by atoms with Crippen molar-refractivity contribution < 1.29 is 32.2 Å². The average molecular weight is 603 g/mol. The molecule has 0 unspecified atom stereocenters. The number of hydrogen-bond acceptors (Lipinski definition) is 7. The van der Waals surface area contributed by atoms with E-state index in [0.717, 1.165) is 14.3 Å². The number of ether oxygens (including phenoxy) is 3. The van der Waals surface area contributed by atoms with Crippen molar-refractivity contribution in [2.45, 2.75) is 43.5 Å². The van der Waals surface area contributed by atoms with Crippen LogP contribution < -0.4 is 0 Å². The first-order chi connectivity index (χ1) is 18.2. The minimum Gasteiger partial charge on any atom is -0.464 e. The van der Waals surface area contributed by atoms with Crippen LogP contribution in [0, 0.1) is 6.92 Å². The van der Waals surface area contributed by atoms with E-state index >= 15 is 0 Å². The summed E-state index contributed by atoms with van der Waals surface area (Å²) in [6.07, 6.45) is -2.72. The summed E-state index contributed by atoms with van der Waals surface area (Å²) in [5.41, 5.74) is -0.835. The molecule has 0 N–H and O–H groups in total. The summed E-state index contributed by atoms with van der Waals surface area (Å²) in [5.74, 6) is -2.17. The van der Waals surface area contributed by atoms with Crippen molar-refractivity contribution in [2.24, 2.45) is 0 Å². The zero-order valence-corrected chi connectivity index (χ0v) is 23.6. The molecule has 1 saturated heterocycles. The van der Waals surface area contributed by atoms with Crippen LogP contribution in [-0.2, 0) is 33.8 Å². The van der Waals surface area contributed by atoms with Gasteiger partial charge in [-0.05, 0) is 56.2 Å². The molecule has 4 rings (SSSR count). The van der Waals surface area contributed by atoms with Crippen molar-refractivity contribution in [3.63, 3.8) is 0 Å². The zero-order valence-electron chi connectivity index (χ0n) is 21.2. The lowest BCUT2D eigenvalue weighted by Crippen LogP contribution is -2.62. The van der Waals surface area contributed by atoms with E-state index in [1.54, 1.807) is 80.6 Å². The first-order valence-electron chi connectivity index (χ1n) is 12.1. The number of halogens is 1. The molecule has 0 spiro atoms. The number of rotatable bonds is 8. The Hall–Kier alpha value is -3.05. The van der Waals surface area contributed by atoms with Crippen LogP contribution in [0.1, 0.15) is 42.9 Å². The van der Waals surface area contributed by atoms with E-state index in [9.17, 15) is 18.0 Å². The monoisotopic (exact) mass is 601 g/mol. The first-order valence-corrected chi connectivity index (χ1v) is 14.3. The molecule has 1 aliphatic heterocycles. The highest BCUT2D eigenvalue weighted by atomic mass is 79.9. The summed E-state index contributed by atoms with van der Waals surface area (Å²) < 4.78 is 47.6. The SMILES string of the molecule is CCOC(=O)C1(C(=O)OCC)[C@H](c2ccc(Br)cc2)O[C@H](c2ccccc2)N1S(=O)(=O)c1ccc(C)cc1. The molecule has 0 saturated carbocycles. The molecule has 200 valence electrons. The maximum atomic E-state index is 14.4. The summed E-state index contributed by atoms with van der Waals surface area (Å²) in [4.78, 5) is 27.8. The molecule has 0 radical (unpaired) electrons. The summed E-state index contributed by atoms with van der Waals surface area (Å²) >= 11 is 3.39. The molecule has 2 atom stereocenters. The van der Waals surface area contributed by atoms with E-state index in [4.69, 9.17) is 14.2 Å². The summed E-state index contributed by atoms with van der Waals surface area (Å²) in [6.45, 7) is 4.79. The molecule has 0 aliphatic carbocycles. The quantitative estimate of drug-likeness (QED) is 0.262. The Morgan fingerprint density at radius 3 is 1.95 bits per heavy atom. The van der Waals surface area contributed by atoms with Crippen LogP contribution >= 0.6 is 15.9 Å². The molecule has 38 heavy (non-hydrogen) atoms. The number of carbonyl (C=O) groups excluding carboxylic acids is 2. The van der Waals surface area contributed by atoms with Crippen LogP contribution in [0.2, 0.25) is 0 Å². The zero-order chi connectivity index (χ0) is 27.5. The summed E-state index contributed by atoms with van der Waals surface area (Å²) in [5, 5.41) is 0. The lowest BCUT2D eigenvalue weighted by Gasteiger charge is -2.36. The second kappa shape index (κ2) is 11.4. The Bertz CT molecular complexity index is 1380. The van der Waals surface area contributed by atoms with Gasteiger partial charge in [-0.2, -0.15) is 0 Å². The predicted molar refractivity (Wildman–Crippen MR) is 143 cm³/mol. The highest BCUT2D eigenvalue weighted by molar-refractivity contribution is 9.10.